The van der Waals surface area contributed by atoms with Crippen molar-refractivity contribution in [3.8, 4) is 11.4 Å². The number of hydrogen-bond acceptors (Lipinski definition) is 6. The number of halogens is 1. The van der Waals surface area contributed by atoms with Crippen LogP contribution in [0.25, 0.3) is 11.4 Å². The zero-order valence-corrected chi connectivity index (χ0v) is 18.8. The standard InChI is InChI=1S/C22H24ClN5O2S/c1-2-28-21(16-3-5-17(23)6-4-16)25-26-22(28)31-15-20(29)24-18-7-9-19(10-8-18)27-11-13-30-14-12-27/h3-10H,2,11-15H2,1H3,(H,24,29). The van der Waals surface area contributed by atoms with Crippen LogP contribution in [0.4, 0.5) is 11.4 Å². The van der Waals surface area contributed by atoms with Crippen LogP contribution in [0.3, 0.4) is 0 Å². The van der Waals surface area contributed by atoms with Crippen molar-refractivity contribution in [3.63, 3.8) is 0 Å². The van der Waals surface area contributed by atoms with E-state index in [1.807, 2.05) is 60.0 Å². The van der Waals surface area contributed by atoms with E-state index in [1.165, 1.54) is 11.8 Å². The van der Waals surface area contributed by atoms with Crippen LogP contribution in [-0.4, -0.2) is 52.7 Å². The number of carbonyl (C=O) groups is 1. The molecule has 1 fully saturated rings. The van der Waals surface area contributed by atoms with Crippen molar-refractivity contribution in [2.24, 2.45) is 0 Å². The highest BCUT2D eigenvalue weighted by molar-refractivity contribution is 7.99. The van der Waals surface area contributed by atoms with Gasteiger partial charge in [0, 0.05) is 41.6 Å². The molecule has 162 valence electrons. The number of nitrogens with one attached hydrogen (secondary N) is 1. The van der Waals surface area contributed by atoms with Gasteiger partial charge in [-0.25, -0.2) is 0 Å². The molecule has 0 saturated carbocycles. The summed E-state index contributed by atoms with van der Waals surface area (Å²) in [5.41, 5.74) is 2.86. The third-order valence-electron chi connectivity index (χ3n) is 5.00. The van der Waals surface area contributed by atoms with Gasteiger partial charge in [0.05, 0.1) is 19.0 Å². The van der Waals surface area contributed by atoms with Gasteiger partial charge in [-0.3, -0.25) is 4.79 Å². The summed E-state index contributed by atoms with van der Waals surface area (Å²) >= 11 is 7.35. The lowest BCUT2D eigenvalue weighted by atomic mass is 10.2. The molecule has 2 aromatic carbocycles. The van der Waals surface area contributed by atoms with Crippen LogP contribution in [0, 0.1) is 0 Å². The highest BCUT2D eigenvalue weighted by Gasteiger charge is 2.15. The summed E-state index contributed by atoms with van der Waals surface area (Å²) in [5, 5.41) is 12.9. The van der Waals surface area contributed by atoms with E-state index < -0.39 is 0 Å². The average Bonchev–Trinajstić information content (AvgIpc) is 3.22. The van der Waals surface area contributed by atoms with Crippen molar-refractivity contribution in [3.05, 3.63) is 53.6 Å². The third kappa shape index (κ3) is 5.39. The highest BCUT2D eigenvalue weighted by atomic mass is 35.5. The zero-order valence-electron chi connectivity index (χ0n) is 17.3. The molecule has 31 heavy (non-hydrogen) atoms. The van der Waals surface area contributed by atoms with E-state index in [-0.39, 0.29) is 11.7 Å². The summed E-state index contributed by atoms with van der Waals surface area (Å²) in [7, 11) is 0. The summed E-state index contributed by atoms with van der Waals surface area (Å²) in [6.45, 7) is 6.01. The molecule has 1 N–H and O–H groups in total. The van der Waals surface area contributed by atoms with Crippen molar-refractivity contribution in [1.82, 2.24) is 14.8 Å². The monoisotopic (exact) mass is 457 g/mol. The van der Waals surface area contributed by atoms with Crippen LogP contribution in [0.5, 0.6) is 0 Å². The number of ether oxygens (including phenoxy) is 1. The summed E-state index contributed by atoms with van der Waals surface area (Å²) in [6, 6.07) is 15.4. The molecule has 1 aliphatic heterocycles. The quantitative estimate of drug-likeness (QED) is 0.536. The SMILES string of the molecule is CCn1c(SCC(=O)Nc2ccc(N3CCOCC3)cc2)nnc1-c1ccc(Cl)cc1. The molecule has 1 aromatic heterocycles. The summed E-state index contributed by atoms with van der Waals surface area (Å²) in [5.74, 6) is 0.938. The van der Waals surface area contributed by atoms with Crippen molar-refractivity contribution in [2.45, 2.75) is 18.6 Å². The van der Waals surface area contributed by atoms with E-state index in [4.69, 9.17) is 16.3 Å². The lowest BCUT2D eigenvalue weighted by Crippen LogP contribution is -2.36. The van der Waals surface area contributed by atoms with Gasteiger partial charge >= 0.3 is 0 Å². The molecule has 0 spiro atoms. The second-order valence-electron chi connectivity index (χ2n) is 7.04. The minimum atomic E-state index is -0.0807. The van der Waals surface area contributed by atoms with Crippen LogP contribution >= 0.6 is 23.4 Å². The van der Waals surface area contributed by atoms with Crippen LogP contribution in [0.15, 0.2) is 53.7 Å². The molecular formula is C22H24ClN5O2S. The Morgan fingerprint density at radius 1 is 1.10 bits per heavy atom. The fourth-order valence-corrected chi connectivity index (χ4v) is 4.33. The fraction of sp³-hybridized carbons (Fsp3) is 0.318. The molecule has 1 amide bonds. The van der Waals surface area contributed by atoms with Gasteiger partial charge in [0.2, 0.25) is 5.91 Å². The maximum absolute atomic E-state index is 12.5. The Kier molecular flexibility index (Phi) is 7.11. The van der Waals surface area contributed by atoms with Crippen molar-refractivity contribution in [1.29, 1.82) is 0 Å². The second kappa shape index (κ2) is 10.2. The molecule has 7 nitrogen and oxygen atoms in total. The molecule has 4 rings (SSSR count). The number of amides is 1. The summed E-state index contributed by atoms with van der Waals surface area (Å²) in [6.07, 6.45) is 0. The van der Waals surface area contributed by atoms with E-state index in [2.05, 4.69) is 20.4 Å². The lowest BCUT2D eigenvalue weighted by Gasteiger charge is -2.28. The van der Waals surface area contributed by atoms with E-state index in [9.17, 15) is 4.79 Å². The van der Waals surface area contributed by atoms with Gasteiger partial charge in [-0.2, -0.15) is 0 Å². The fourth-order valence-electron chi connectivity index (χ4n) is 3.40. The van der Waals surface area contributed by atoms with Crippen molar-refractivity contribution >= 4 is 40.6 Å². The minimum absolute atomic E-state index is 0.0807. The second-order valence-corrected chi connectivity index (χ2v) is 8.42. The number of carbonyl (C=O) groups excluding carboxylic acids is 1. The normalized spacial score (nSPS) is 13.9. The number of benzene rings is 2. The van der Waals surface area contributed by atoms with E-state index in [0.717, 1.165) is 49.1 Å². The van der Waals surface area contributed by atoms with Crippen LogP contribution in [0.2, 0.25) is 5.02 Å². The van der Waals surface area contributed by atoms with Crippen LogP contribution < -0.4 is 10.2 Å². The molecule has 2 heterocycles. The third-order valence-corrected chi connectivity index (χ3v) is 6.21. The Hall–Kier alpha value is -2.55. The topological polar surface area (TPSA) is 72.3 Å². The predicted octanol–water partition coefficient (Wildman–Crippen LogP) is 4.19. The van der Waals surface area contributed by atoms with Gasteiger partial charge < -0.3 is 19.5 Å². The zero-order chi connectivity index (χ0) is 21.6. The van der Waals surface area contributed by atoms with Crippen molar-refractivity contribution in [2.75, 3.05) is 42.3 Å². The Labute approximate surface area is 190 Å². The van der Waals surface area contributed by atoms with Crippen molar-refractivity contribution < 1.29 is 9.53 Å². The molecule has 0 atom stereocenters. The van der Waals surface area contributed by atoms with Gasteiger partial charge in [-0.05, 0) is 55.5 Å². The molecule has 0 radical (unpaired) electrons. The van der Waals surface area contributed by atoms with Gasteiger partial charge in [-0.15, -0.1) is 10.2 Å². The number of anilines is 2. The maximum Gasteiger partial charge on any atom is 0.234 e. The molecular weight excluding hydrogens is 434 g/mol. The number of rotatable bonds is 7. The Morgan fingerprint density at radius 2 is 1.81 bits per heavy atom. The first kappa shape index (κ1) is 21.7. The van der Waals surface area contributed by atoms with E-state index in [1.54, 1.807) is 0 Å². The Bertz CT molecular complexity index is 1020. The van der Waals surface area contributed by atoms with Gasteiger partial charge in [-0.1, -0.05) is 23.4 Å². The first-order chi connectivity index (χ1) is 15.1. The number of nitrogens with zero attached hydrogens (tertiary/aromatic N) is 4. The number of hydrogen-bond donors (Lipinski definition) is 1. The molecule has 1 aliphatic rings. The lowest BCUT2D eigenvalue weighted by molar-refractivity contribution is -0.113. The first-order valence-corrected chi connectivity index (χ1v) is 11.5. The van der Waals surface area contributed by atoms with E-state index >= 15 is 0 Å². The van der Waals surface area contributed by atoms with Gasteiger partial charge in [0.1, 0.15) is 0 Å². The average molecular weight is 458 g/mol. The molecule has 3 aromatic rings. The minimum Gasteiger partial charge on any atom is -0.378 e. The summed E-state index contributed by atoms with van der Waals surface area (Å²) < 4.78 is 7.39. The van der Waals surface area contributed by atoms with Gasteiger partial charge in [0.25, 0.3) is 0 Å². The molecule has 1 saturated heterocycles. The van der Waals surface area contributed by atoms with Crippen LogP contribution in [-0.2, 0) is 16.1 Å². The van der Waals surface area contributed by atoms with Gasteiger partial charge in [0.15, 0.2) is 11.0 Å². The van der Waals surface area contributed by atoms with Crippen LogP contribution in [0.1, 0.15) is 6.92 Å². The molecule has 9 heteroatoms. The predicted molar refractivity (Wildman–Crippen MR) is 125 cm³/mol. The highest BCUT2D eigenvalue weighted by Crippen LogP contribution is 2.25. The maximum atomic E-state index is 12.5. The Balaban J connectivity index is 1.35. The molecule has 0 bridgehead atoms. The Morgan fingerprint density at radius 3 is 2.48 bits per heavy atom. The van der Waals surface area contributed by atoms with E-state index in [0.29, 0.717) is 16.7 Å². The largest absolute Gasteiger partial charge is 0.378 e. The molecule has 0 aliphatic carbocycles. The summed E-state index contributed by atoms with van der Waals surface area (Å²) in [4.78, 5) is 14.7. The number of aromatic nitrogens is 3. The number of morpholine rings is 1. The number of thioether (sulfide) groups is 1. The smallest absolute Gasteiger partial charge is 0.234 e. The first-order valence-electron chi connectivity index (χ1n) is 10.2. The molecule has 0 unspecified atom stereocenters.